The van der Waals surface area contributed by atoms with E-state index < -0.39 is 0 Å². The number of nitrogens with one attached hydrogen (secondary N) is 2. The number of H-pyrrole nitrogens is 1. The number of aromatic nitrogens is 2. The Kier molecular flexibility index (Phi) is 4.28. The van der Waals surface area contributed by atoms with Crippen LogP contribution in [0.3, 0.4) is 0 Å². The van der Waals surface area contributed by atoms with Crippen LogP contribution in [0.15, 0.2) is 30.6 Å². The Bertz CT molecular complexity index is 510. The predicted molar refractivity (Wildman–Crippen MR) is 77.3 cm³/mol. The molecular formula is C14H20N4O. The molecular weight excluding hydrogens is 240 g/mol. The maximum Gasteiger partial charge on any atom is 0.128 e. The first-order chi connectivity index (χ1) is 9.19. The van der Waals surface area contributed by atoms with Gasteiger partial charge in [-0.1, -0.05) is 6.92 Å². The molecule has 0 bridgehead atoms. The van der Waals surface area contributed by atoms with Crippen LogP contribution in [0.2, 0.25) is 0 Å². The van der Waals surface area contributed by atoms with Crippen LogP contribution in [0, 0.1) is 0 Å². The van der Waals surface area contributed by atoms with Gasteiger partial charge in [0, 0.05) is 35.9 Å². The molecule has 0 fully saturated rings. The van der Waals surface area contributed by atoms with Gasteiger partial charge < -0.3 is 20.8 Å². The summed E-state index contributed by atoms with van der Waals surface area (Å²) in [5.74, 6) is 1.68. The molecule has 5 nitrogen and oxygen atoms in total. The topological polar surface area (TPSA) is 76.0 Å². The molecule has 0 saturated carbocycles. The smallest absolute Gasteiger partial charge is 0.128 e. The van der Waals surface area contributed by atoms with E-state index in [9.17, 15) is 0 Å². The summed E-state index contributed by atoms with van der Waals surface area (Å²) in [5.41, 5.74) is 7.49. The summed E-state index contributed by atoms with van der Waals surface area (Å²) in [6, 6.07) is 5.75. The number of nitrogens with two attached hydrogens (primary N) is 1. The van der Waals surface area contributed by atoms with E-state index >= 15 is 0 Å². The lowest BCUT2D eigenvalue weighted by Crippen LogP contribution is -2.09. The molecule has 0 amide bonds. The minimum absolute atomic E-state index is 0.0795. The maximum absolute atomic E-state index is 5.88. The highest BCUT2D eigenvalue weighted by molar-refractivity contribution is 5.59. The average molecular weight is 260 g/mol. The Balaban J connectivity index is 2.09. The second-order valence-corrected chi connectivity index (χ2v) is 4.48. The Hall–Kier alpha value is -2.17. The van der Waals surface area contributed by atoms with E-state index in [-0.39, 0.29) is 6.04 Å². The number of rotatable bonds is 6. The molecule has 19 heavy (non-hydrogen) atoms. The van der Waals surface area contributed by atoms with Crippen molar-refractivity contribution in [3.63, 3.8) is 0 Å². The summed E-state index contributed by atoms with van der Waals surface area (Å²) in [7, 11) is 0. The zero-order valence-electron chi connectivity index (χ0n) is 11.3. The van der Waals surface area contributed by atoms with Gasteiger partial charge in [0.15, 0.2) is 0 Å². The molecule has 0 saturated heterocycles. The molecule has 0 aliphatic heterocycles. The third-order valence-electron chi connectivity index (χ3n) is 2.71. The fourth-order valence-electron chi connectivity index (χ4n) is 1.84. The number of aromatic amines is 1. The van der Waals surface area contributed by atoms with Gasteiger partial charge >= 0.3 is 0 Å². The number of hydrogen-bond acceptors (Lipinski definition) is 4. The maximum atomic E-state index is 5.88. The summed E-state index contributed by atoms with van der Waals surface area (Å²) in [4.78, 5) is 7.31. The van der Waals surface area contributed by atoms with Crippen LogP contribution in [0.25, 0.3) is 0 Å². The second-order valence-electron chi connectivity index (χ2n) is 4.48. The molecule has 1 aromatic carbocycles. The Morgan fingerprint density at radius 3 is 2.95 bits per heavy atom. The third kappa shape index (κ3) is 3.64. The van der Waals surface area contributed by atoms with Crippen molar-refractivity contribution in [1.82, 2.24) is 9.97 Å². The number of benzene rings is 1. The molecule has 2 aromatic rings. The van der Waals surface area contributed by atoms with Crippen molar-refractivity contribution in [2.24, 2.45) is 0 Å². The van der Waals surface area contributed by atoms with Gasteiger partial charge in [-0.25, -0.2) is 4.98 Å². The van der Waals surface area contributed by atoms with E-state index in [0.717, 1.165) is 23.7 Å². The molecule has 0 spiro atoms. The van der Waals surface area contributed by atoms with Gasteiger partial charge in [0.1, 0.15) is 11.6 Å². The third-order valence-corrected chi connectivity index (χ3v) is 2.71. The van der Waals surface area contributed by atoms with Crippen LogP contribution in [0.5, 0.6) is 5.75 Å². The average Bonchev–Trinajstić information content (AvgIpc) is 2.89. The van der Waals surface area contributed by atoms with Gasteiger partial charge in [-0.05, 0) is 19.4 Å². The van der Waals surface area contributed by atoms with Crippen LogP contribution in [-0.4, -0.2) is 16.6 Å². The monoisotopic (exact) mass is 260 g/mol. The van der Waals surface area contributed by atoms with Crippen LogP contribution in [0.1, 0.15) is 32.1 Å². The predicted octanol–water partition coefficient (Wildman–Crippen LogP) is 2.95. The minimum Gasteiger partial charge on any atom is -0.493 e. The number of anilines is 2. The summed E-state index contributed by atoms with van der Waals surface area (Å²) >= 11 is 0. The van der Waals surface area contributed by atoms with Crippen LogP contribution in [-0.2, 0) is 0 Å². The number of hydrogen-bond donors (Lipinski definition) is 3. The van der Waals surface area contributed by atoms with E-state index in [1.54, 1.807) is 6.20 Å². The summed E-state index contributed by atoms with van der Waals surface area (Å²) in [6.45, 7) is 4.80. The Morgan fingerprint density at radius 2 is 2.26 bits per heavy atom. The second kappa shape index (κ2) is 6.13. The van der Waals surface area contributed by atoms with E-state index in [0.29, 0.717) is 12.3 Å². The SMILES string of the molecule is CCCOc1cc(N)cc(NC(C)c2ncc[nH]2)c1. The van der Waals surface area contributed by atoms with Crippen molar-refractivity contribution < 1.29 is 4.74 Å². The van der Waals surface area contributed by atoms with Crippen molar-refractivity contribution in [2.45, 2.75) is 26.3 Å². The largest absolute Gasteiger partial charge is 0.493 e. The Labute approximate surface area is 113 Å². The fraction of sp³-hybridized carbons (Fsp3) is 0.357. The number of ether oxygens (including phenoxy) is 1. The zero-order valence-corrected chi connectivity index (χ0v) is 11.3. The van der Waals surface area contributed by atoms with Crippen molar-refractivity contribution in [3.05, 3.63) is 36.4 Å². The van der Waals surface area contributed by atoms with Crippen molar-refractivity contribution >= 4 is 11.4 Å². The first-order valence-electron chi connectivity index (χ1n) is 6.48. The van der Waals surface area contributed by atoms with E-state index in [1.807, 2.05) is 31.3 Å². The van der Waals surface area contributed by atoms with E-state index in [2.05, 4.69) is 22.2 Å². The molecule has 1 atom stereocenters. The van der Waals surface area contributed by atoms with Crippen molar-refractivity contribution in [3.8, 4) is 5.75 Å². The highest BCUT2D eigenvalue weighted by Crippen LogP contribution is 2.25. The van der Waals surface area contributed by atoms with Gasteiger partial charge in [0.05, 0.1) is 12.6 Å². The zero-order chi connectivity index (χ0) is 13.7. The number of nitrogen functional groups attached to an aromatic ring is 1. The quantitative estimate of drug-likeness (QED) is 0.698. The lowest BCUT2D eigenvalue weighted by atomic mass is 10.2. The van der Waals surface area contributed by atoms with E-state index in [1.165, 1.54) is 0 Å². The molecule has 4 N–H and O–H groups in total. The summed E-state index contributed by atoms with van der Waals surface area (Å²) in [6.07, 6.45) is 4.52. The number of imidazole rings is 1. The normalized spacial score (nSPS) is 12.1. The first-order valence-corrected chi connectivity index (χ1v) is 6.48. The fourth-order valence-corrected chi connectivity index (χ4v) is 1.84. The van der Waals surface area contributed by atoms with Crippen molar-refractivity contribution in [2.75, 3.05) is 17.7 Å². The summed E-state index contributed by atoms with van der Waals surface area (Å²) < 4.78 is 5.61. The van der Waals surface area contributed by atoms with Crippen LogP contribution < -0.4 is 15.8 Å². The molecule has 1 heterocycles. The molecule has 0 radical (unpaired) electrons. The van der Waals surface area contributed by atoms with Gasteiger partial charge in [-0.15, -0.1) is 0 Å². The lowest BCUT2D eigenvalue weighted by molar-refractivity contribution is 0.318. The van der Waals surface area contributed by atoms with Gasteiger partial charge in [-0.3, -0.25) is 0 Å². The molecule has 2 rings (SSSR count). The summed E-state index contributed by atoms with van der Waals surface area (Å²) in [5, 5.41) is 3.35. The highest BCUT2D eigenvalue weighted by atomic mass is 16.5. The van der Waals surface area contributed by atoms with Gasteiger partial charge in [0.25, 0.3) is 0 Å². The van der Waals surface area contributed by atoms with Crippen LogP contribution in [0.4, 0.5) is 11.4 Å². The molecule has 0 aliphatic carbocycles. The standard InChI is InChI=1S/C14H20N4O/c1-3-6-19-13-8-11(15)7-12(9-13)18-10(2)14-16-4-5-17-14/h4-5,7-10,18H,3,6,15H2,1-2H3,(H,16,17). The highest BCUT2D eigenvalue weighted by Gasteiger charge is 2.08. The minimum atomic E-state index is 0.0795. The number of nitrogens with zero attached hydrogens (tertiary/aromatic N) is 1. The lowest BCUT2D eigenvalue weighted by Gasteiger charge is -2.15. The van der Waals surface area contributed by atoms with Crippen LogP contribution >= 0.6 is 0 Å². The van der Waals surface area contributed by atoms with Crippen molar-refractivity contribution in [1.29, 1.82) is 0 Å². The van der Waals surface area contributed by atoms with E-state index in [4.69, 9.17) is 10.5 Å². The molecule has 0 aliphatic rings. The molecule has 1 unspecified atom stereocenters. The Morgan fingerprint density at radius 1 is 1.42 bits per heavy atom. The first kappa shape index (κ1) is 13.3. The molecule has 5 heteroatoms. The molecule has 1 aromatic heterocycles. The molecule has 102 valence electrons. The van der Waals surface area contributed by atoms with Gasteiger partial charge in [0.2, 0.25) is 0 Å². The van der Waals surface area contributed by atoms with Gasteiger partial charge in [-0.2, -0.15) is 0 Å².